The highest BCUT2D eigenvalue weighted by Gasteiger charge is 2.29. The second kappa shape index (κ2) is 8.47. The monoisotopic (exact) mass is 460 g/mol. The molecule has 3 aromatic rings. The maximum absolute atomic E-state index is 13.2. The molecule has 178 valence electrons. The third-order valence-electron chi connectivity index (χ3n) is 7.44. The Morgan fingerprint density at radius 2 is 1.71 bits per heavy atom. The number of carbonyl (C=O) groups is 1. The fourth-order valence-electron chi connectivity index (χ4n) is 5.29. The Balaban J connectivity index is 1.52. The van der Waals surface area contributed by atoms with Crippen LogP contribution >= 0.6 is 0 Å². The van der Waals surface area contributed by atoms with Gasteiger partial charge >= 0.3 is 5.63 Å². The number of anilines is 2. The van der Waals surface area contributed by atoms with Crippen molar-refractivity contribution in [2.24, 2.45) is 0 Å². The standard InChI is InChI=1S/C27H32N4O3/c1-16-13-19(5-6-22(16)28)26(32)31-8-7-20-21(15-31)27(33)34-25-18(3)23(14-17(2)24(20)25)30-11-9-29(4)10-12-30/h5-6,13-14H,7-12,15,28H2,1-4H3. The highest BCUT2D eigenvalue weighted by Crippen LogP contribution is 2.35. The third-order valence-corrected chi connectivity index (χ3v) is 7.44. The number of aryl methyl sites for hydroxylation is 3. The summed E-state index contributed by atoms with van der Waals surface area (Å²) >= 11 is 0. The van der Waals surface area contributed by atoms with Gasteiger partial charge in [-0.05, 0) is 75.2 Å². The Bertz CT molecular complexity index is 1350. The molecule has 1 fully saturated rings. The molecule has 7 nitrogen and oxygen atoms in total. The molecule has 0 atom stereocenters. The SMILES string of the molecule is Cc1cc(C(=O)N2CCc3c(c(=O)oc4c(C)c(N5CCN(C)CC5)cc(C)c34)C2)ccc1N. The fraction of sp³-hybridized carbons (Fsp3) is 0.407. The van der Waals surface area contributed by atoms with E-state index >= 15 is 0 Å². The van der Waals surface area contributed by atoms with E-state index in [0.717, 1.165) is 59.5 Å². The molecule has 2 aliphatic rings. The van der Waals surface area contributed by atoms with E-state index in [2.05, 4.69) is 29.8 Å². The first kappa shape index (κ1) is 22.5. The van der Waals surface area contributed by atoms with Gasteiger partial charge in [0.2, 0.25) is 0 Å². The van der Waals surface area contributed by atoms with Gasteiger partial charge in [-0.3, -0.25) is 4.79 Å². The summed E-state index contributed by atoms with van der Waals surface area (Å²) in [5.74, 6) is -0.0911. The average Bonchev–Trinajstić information content (AvgIpc) is 2.83. The second-order valence-corrected chi connectivity index (χ2v) is 9.73. The third kappa shape index (κ3) is 3.74. The first-order chi connectivity index (χ1) is 16.2. The van der Waals surface area contributed by atoms with Gasteiger partial charge in [0.25, 0.3) is 5.91 Å². The Kier molecular flexibility index (Phi) is 5.60. The van der Waals surface area contributed by atoms with E-state index in [1.165, 1.54) is 0 Å². The number of rotatable bonds is 2. The van der Waals surface area contributed by atoms with Crippen molar-refractivity contribution in [1.29, 1.82) is 0 Å². The minimum Gasteiger partial charge on any atom is -0.422 e. The molecule has 1 amide bonds. The van der Waals surface area contributed by atoms with Crippen molar-refractivity contribution in [3.05, 3.63) is 68.1 Å². The summed E-state index contributed by atoms with van der Waals surface area (Å²) in [5.41, 5.74) is 13.3. The molecule has 0 aliphatic carbocycles. The Morgan fingerprint density at radius 1 is 0.971 bits per heavy atom. The zero-order valence-corrected chi connectivity index (χ0v) is 20.4. The van der Waals surface area contributed by atoms with Gasteiger partial charge < -0.3 is 24.9 Å². The molecule has 1 saturated heterocycles. The number of piperazine rings is 1. The molecule has 34 heavy (non-hydrogen) atoms. The van der Waals surface area contributed by atoms with E-state index in [1.54, 1.807) is 17.0 Å². The van der Waals surface area contributed by atoms with Crippen LogP contribution in [0.4, 0.5) is 11.4 Å². The number of carbonyl (C=O) groups excluding carboxylic acids is 1. The number of hydrogen-bond acceptors (Lipinski definition) is 6. The zero-order chi connectivity index (χ0) is 24.1. The summed E-state index contributed by atoms with van der Waals surface area (Å²) in [4.78, 5) is 32.7. The topological polar surface area (TPSA) is 83.0 Å². The first-order valence-electron chi connectivity index (χ1n) is 11.9. The molecule has 5 rings (SSSR count). The van der Waals surface area contributed by atoms with E-state index in [1.807, 2.05) is 19.9 Å². The van der Waals surface area contributed by atoms with Crippen LogP contribution in [-0.2, 0) is 13.0 Å². The lowest BCUT2D eigenvalue weighted by Gasteiger charge is -2.35. The van der Waals surface area contributed by atoms with Gasteiger partial charge in [0.1, 0.15) is 5.58 Å². The van der Waals surface area contributed by atoms with Gasteiger partial charge in [-0.15, -0.1) is 0 Å². The quantitative estimate of drug-likeness (QED) is 0.467. The van der Waals surface area contributed by atoms with E-state index < -0.39 is 0 Å². The van der Waals surface area contributed by atoms with Crippen molar-refractivity contribution in [3.63, 3.8) is 0 Å². The molecular formula is C27H32N4O3. The zero-order valence-electron chi connectivity index (χ0n) is 20.4. The highest BCUT2D eigenvalue weighted by atomic mass is 16.4. The van der Waals surface area contributed by atoms with Crippen molar-refractivity contribution < 1.29 is 9.21 Å². The van der Waals surface area contributed by atoms with Gasteiger partial charge in [-0.2, -0.15) is 0 Å². The van der Waals surface area contributed by atoms with Crippen LogP contribution in [-0.4, -0.2) is 55.5 Å². The van der Waals surface area contributed by atoms with E-state index in [0.29, 0.717) is 35.4 Å². The van der Waals surface area contributed by atoms with E-state index in [4.69, 9.17) is 10.2 Å². The predicted molar refractivity (Wildman–Crippen MR) is 136 cm³/mol. The Hall–Kier alpha value is -3.32. The summed E-state index contributed by atoms with van der Waals surface area (Å²) in [6.07, 6.45) is 0.630. The number of nitrogens with zero attached hydrogens (tertiary/aromatic N) is 3. The minimum absolute atomic E-state index is 0.0911. The lowest BCUT2D eigenvalue weighted by molar-refractivity contribution is 0.0733. The van der Waals surface area contributed by atoms with Gasteiger partial charge in [0.05, 0.1) is 12.1 Å². The number of nitrogen functional groups attached to an aromatic ring is 1. The predicted octanol–water partition coefficient (Wildman–Crippen LogP) is 3.25. The number of benzene rings is 2. The number of amides is 1. The highest BCUT2D eigenvalue weighted by molar-refractivity contribution is 5.96. The molecular weight excluding hydrogens is 428 g/mol. The van der Waals surface area contributed by atoms with Crippen LogP contribution in [0.1, 0.15) is 38.2 Å². The molecule has 0 unspecified atom stereocenters. The molecule has 2 N–H and O–H groups in total. The largest absolute Gasteiger partial charge is 0.422 e. The molecule has 3 heterocycles. The van der Waals surface area contributed by atoms with Crippen molar-refractivity contribution in [1.82, 2.24) is 9.80 Å². The Morgan fingerprint density at radius 3 is 2.41 bits per heavy atom. The fourth-order valence-corrected chi connectivity index (χ4v) is 5.29. The van der Waals surface area contributed by atoms with Crippen LogP contribution in [0.15, 0.2) is 33.5 Å². The summed E-state index contributed by atoms with van der Waals surface area (Å²) < 4.78 is 5.95. The molecule has 0 radical (unpaired) electrons. The molecule has 1 aromatic heterocycles. The molecule has 2 aromatic carbocycles. The average molecular weight is 461 g/mol. The summed E-state index contributed by atoms with van der Waals surface area (Å²) in [6, 6.07) is 7.55. The summed E-state index contributed by atoms with van der Waals surface area (Å²) in [5, 5.41) is 1.03. The number of fused-ring (bicyclic) bond motifs is 3. The second-order valence-electron chi connectivity index (χ2n) is 9.73. The van der Waals surface area contributed by atoms with Crippen molar-refractivity contribution in [3.8, 4) is 0 Å². The smallest absolute Gasteiger partial charge is 0.341 e. The first-order valence-corrected chi connectivity index (χ1v) is 11.9. The van der Waals surface area contributed by atoms with Crippen LogP contribution in [0.2, 0.25) is 0 Å². The van der Waals surface area contributed by atoms with Crippen LogP contribution in [0, 0.1) is 20.8 Å². The van der Waals surface area contributed by atoms with Gasteiger partial charge in [0.15, 0.2) is 0 Å². The number of hydrogen-bond donors (Lipinski definition) is 1. The molecule has 7 heteroatoms. The molecule has 0 saturated carbocycles. The minimum atomic E-state index is -0.341. The van der Waals surface area contributed by atoms with Crippen LogP contribution < -0.4 is 16.3 Å². The normalized spacial score (nSPS) is 16.7. The number of likely N-dealkylation sites (N-methyl/N-ethyl adjacent to an activating group) is 1. The molecule has 0 bridgehead atoms. The van der Waals surface area contributed by atoms with Crippen LogP contribution in [0.25, 0.3) is 11.0 Å². The van der Waals surface area contributed by atoms with Crippen molar-refractivity contribution in [2.75, 3.05) is 50.4 Å². The lowest BCUT2D eigenvalue weighted by atomic mass is 9.92. The van der Waals surface area contributed by atoms with Crippen molar-refractivity contribution in [2.45, 2.75) is 33.7 Å². The molecule has 2 aliphatic heterocycles. The number of nitrogens with two attached hydrogens (primary N) is 1. The summed E-state index contributed by atoms with van der Waals surface area (Å²) in [6.45, 7) is 10.8. The van der Waals surface area contributed by atoms with Gasteiger partial charge in [0, 0.05) is 60.6 Å². The van der Waals surface area contributed by atoms with Crippen LogP contribution in [0.5, 0.6) is 0 Å². The van der Waals surface area contributed by atoms with Crippen molar-refractivity contribution >= 4 is 28.3 Å². The molecule has 0 spiro atoms. The van der Waals surface area contributed by atoms with E-state index in [9.17, 15) is 9.59 Å². The van der Waals surface area contributed by atoms with E-state index in [-0.39, 0.29) is 18.1 Å². The van der Waals surface area contributed by atoms with Crippen LogP contribution in [0.3, 0.4) is 0 Å². The maximum atomic E-state index is 13.2. The van der Waals surface area contributed by atoms with Gasteiger partial charge in [-0.1, -0.05) is 0 Å². The van der Waals surface area contributed by atoms with Gasteiger partial charge in [-0.25, -0.2) is 4.79 Å². The summed E-state index contributed by atoms with van der Waals surface area (Å²) in [7, 11) is 2.14. The lowest BCUT2D eigenvalue weighted by Crippen LogP contribution is -2.44. The Labute approximate surface area is 199 Å². The maximum Gasteiger partial charge on any atom is 0.341 e.